The van der Waals surface area contributed by atoms with Gasteiger partial charge in [-0.05, 0) is 24.3 Å². The van der Waals surface area contributed by atoms with Gasteiger partial charge in [-0.15, -0.1) is 0 Å². The molecule has 0 fully saturated rings. The first-order valence-corrected chi connectivity index (χ1v) is 7.45. The zero-order valence-electron chi connectivity index (χ0n) is 9.71. The van der Waals surface area contributed by atoms with Crippen LogP contribution in [0.4, 0.5) is 5.69 Å². The van der Waals surface area contributed by atoms with Gasteiger partial charge in [-0.3, -0.25) is 4.79 Å². The number of hydrogen-bond donors (Lipinski definition) is 0. The number of carbonyl (C=O) groups is 1. The predicted octanol–water partition coefficient (Wildman–Crippen LogP) is 2.00. The number of anilines is 1. The van der Waals surface area contributed by atoms with Crippen LogP contribution in [0.1, 0.15) is 6.92 Å². The molecule has 0 aromatic heterocycles. The Bertz CT molecular complexity index is 610. The van der Waals surface area contributed by atoms with Crippen LogP contribution in [0.25, 0.3) is 0 Å². The van der Waals surface area contributed by atoms with Crippen molar-refractivity contribution in [3.8, 4) is 0 Å². The lowest BCUT2D eigenvalue weighted by Gasteiger charge is -2.26. The summed E-state index contributed by atoms with van der Waals surface area (Å²) in [5.74, 6) is -0.303. The maximum absolute atomic E-state index is 11.7. The third-order valence-corrected chi connectivity index (χ3v) is 4.28. The molecule has 1 aromatic rings. The first-order valence-electron chi connectivity index (χ1n) is 5.35. The zero-order chi connectivity index (χ0) is 13.3. The lowest BCUT2D eigenvalue weighted by molar-refractivity contribution is -0.116. The van der Waals surface area contributed by atoms with Gasteiger partial charge in [0.2, 0.25) is 5.91 Å². The quantitative estimate of drug-likeness (QED) is 0.835. The molecule has 1 aliphatic heterocycles. The van der Waals surface area contributed by atoms with Crippen LogP contribution in [0.3, 0.4) is 0 Å². The third kappa shape index (κ3) is 2.73. The molecule has 1 atom stereocenters. The van der Waals surface area contributed by atoms with Crippen LogP contribution in [0.5, 0.6) is 0 Å². The molecule has 1 heterocycles. The predicted molar refractivity (Wildman–Crippen MR) is 71.3 cm³/mol. The number of amides is 1. The monoisotopic (exact) mass is 285 g/mol. The summed E-state index contributed by atoms with van der Waals surface area (Å²) in [5.41, 5.74) is 0.599. The molecular weight excluding hydrogens is 274 g/mol. The largest absolute Gasteiger partial charge is 0.305 e. The van der Waals surface area contributed by atoms with Crippen molar-refractivity contribution in [3.05, 3.63) is 40.8 Å². The summed E-state index contributed by atoms with van der Waals surface area (Å²) >= 11 is 5.88. The Morgan fingerprint density at radius 2 is 2.17 bits per heavy atom. The number of sulfone groups is 1. The first kappa shape index (κ1) is 13.1. The Hall–Kier alpha value is -1.33. The topological polar surface area (TPSA) is 54.5 Å². The summed E-state index contributed by atoms with van der Waals surface area (Å²) in [4.78, 5) is 13.1. The van der Waals surface area contributed by atoms with Crippen molar-refractivity contribution in [2.24, 2.45) is 0 Å². The Morgan fingerprint density at radius 3 is 2.67 bits per heavy atom. The number of nitrogens with zero attached hydrogens (tertiary/aromatic N) is 1. The maximum Gasteiger partial charge on any atom is 0.224 e. The van der Waals surface area contributed by atoms with E-state index in [1.165, 1.54) is 17.9 Å². The third-order valence-electron chi connectivity index (χ3n) is 2.67. The van der Waals surface area contributed by atoms with Gasteiger partial charge in [-0.25, -0.2) is 8.42 Å². The van der Waals surface area contributed by atoms with Gasteiger partial charge in [0.25, 0.3) is 0 Å². The maximum atomic E-state index is 11.7. The van der Waals surface area contributed by atoms with Crippen LogP contribution in [0.15, 0.2) is 35.7 Å². The van der Waals surface area contributed by atoms with Crippen LogP contribution in [0.2, 0.25) is 5.02 Å². The Kier molecular flexibility index (Phi) is 3.45. The Labute approximate surface area is 111 Å². The second-order valence-electron chi connectivity index (χ2n) is 4.09. The smallest absolute Gasteiger partial charge is 0.224 e. The highest BCUT2D eigenvalue weighted by Crippen LogP contribution is 2.25. The van der Waals surface area contributed by atoms with Gasteiger partial charge >= 0.3 is 0 Å². The summed E-state index contributed by atoms with van der Waals surface area (Å²) in [7, 11) is -3.20. The minimum atomic E-state index is -3.20. The summed E-state index contributed by atoms with van der Waals surface area (Å²) in [5, 5.41) is 1.65. The van der Waals surface area contributed by atoms with E-state index in [1.54, 1.807) is 24.3 Å². The molecule has 1 aromatic carbocycles. The normalized spacial score (nSPS) is 20.9. The molecule has 0 saturated carbocycles. The first-order chi connectivity index (χ1) is 8.39. The van der Waals surface area contributed by atoms with Crippen LogP contribution >= 0.6 is 11.6 Å². The van der Waals surface area contributed by atoms with Crippen LogP contribution < -0.4 is 4.90 Å². The number of halogens is 1. The molecular formula is C12H12ClNO3S. The molecule has 0 N–H and O–H groups in total. The fraction of sp³-hybridized carbons (Fsp3) is 0.250. The van der Waals surface area contributed by atoms with Crippen LogP contribution in [-0.4, -0.2) is 26.1 Å². The lowest BCUT2D eigenvalue weighted by atomic mass is 10.2. The molecule has 18 heavy (non-hydrogen) atoms. The van der Waals surface area contributed by atoms with Gasteiger partial charge in [-0.1, -0.05) is 17.7 Å². The number of benzene rings is 1. The molecule has 0 bridgehead atoms. The average molecular weight is 286 g/mol. The van der Waals surface area contributed by atoms with Crippen molar-refractivity contribution < 1.29 is 13.2 Å². The molecule has 96 valence electrons. The van der Waals surface area contributed by atoms with Crippen molar-refractivity contribution in [1.82, 2.24) is 0 Å². The fourth-order valence-electron chi connectivity index (χ4n) is 1.95. The molecule has 6 heteroatoms. The SMILES string of the molecule is CC(=O)N(c1cccc(Cl)c1)C1C=CS(=O)(=O)C1. The number of hydrogen-bond acceptors (Lipinski definition) is 3. The van der Waals surface area contributed by atoms with E-state index in [0.717, 1.165) is 5.41 Å². The zero-order valence-corrected chi connectivity index (χ0v) is 11.3. The summed E-state index contributed by atoms with van der Waals surface area (Å²) in [6.45, 7) is 1.40. The fourth-order valence-corrected chi connectivity index (χ4v) is 3.41. The lowest BCUT2D eigenvalue weighted by Crippen LogP contribution is -2.39. The molecule has 0 saturated heterocycles. The highest BCUT2D eigenvalue weighted by Gasteiger charge is 2.29. The van der Waals surface area contributed by atoms with E-state index in [1.807, 2.05) is 0 Å². The van der Waals surface area contributed by atoms with Crippen LogP contribution in [-0.2, 0) is 14.6 Å². The van der Waals surface area contributed by atoms with E-state index < -0.39 is 15.9 Å². The Balaban J connectivity index is 2.37. The average Bonchev–Trinajstić information content (AvgIpc) is 2.58. The van der Waals surface area contributed by atoms with E-state index in [4.69, 9.17) is 11.6 Å². The molecule has 0 spiro atoms. The van der Waals surface area contributed by atoms with Crippen molar-refractivity contribution in [1.29, 1.82) is 0 Å². The summed E-state index contributed by atoms with van der Waals surface area (Å²) in [6.07, 6.45) is 1.53. The van der Waals surface area contributed by atoms with Gasteiger partial charge in [0.05, 0.1) is 11.8 Å². The van der Waals surface area contributed by atoms with Gasteiger partial charge < -0.3 is 4.90 Å². The van der Waals surface area contributed by atoms with E-state index in [9.17, 15) is 13.2 Å². The van der Waals surface area contributed by atoms with Gasteiger partial charge in [-0.2, -0.15) is 0 Å². The van der Waals surface area contributed by atoms with Crippen molar-refractivity contribution >= 4 is 33.0 Å². The van der Waals surface area contributed by atoms with Crippen LogP contribution in [0, 0.1) is 0 Å². The number of rotatable bonds is 2. The molecule has 0 radical (unpaired) electrons. The second kappa shape index (κ2) is 4.74. The van der Waals surface area contributed by atoms with Gasteiger partial charge in [0, 0.05) is 23.0 Å². The minimum absolute atomic E-state index is 0.0842. The minimum Gasteiger partial charge on any atom is -0.305 e. The van der Waals surface area contributed by atoms with E-state index >= 15 is 0 Å². The Morgan fingerprint density at radius 1 is 1.44 bits per heavy atom. The van der Waals surface area contributed by atoms with E-state index in [-0.39, 0.29) is 11.7 Å². The standard InChI is InChI=1S/C12H12ClNO3S/c1-9(15)14(11-4-2-3-10(13)7-11)12-5-6-18(16,17)8-12/h2-7,12H,8H2,1H3. The molecule has 1 unspecified atom stereocenters. The highest BCUT2D eigenvalue weighted by atomic mass is 35.5. The van der Waals surface area contributed by atoms with Gasteiger partial charge in [0.15, 0.2) is 9.84 Å². The van der Waals surface area contributed by atoms with Crippen molar-refractivity contribution in [2.45, 2.75) is 13.0 Å². The number of carbonyl (C=O) groups excluding carboxylic acids is 1. The molecule has 4 nitrogen and oxygen atoms in total. The molecule has 0 aliphatic carbocycles. The molecule has 1 aliphatic rings. The molecule has 2 rings (SSSR count). The van der Waals surface area contributed by atoms with E-state index in [2.05, 4.69) is 0 Å². The van der Waals surface area contributed by atoms with Crippen molar-refractivity contribution in [3.63, 3.8) is 0 Å². The second-order valence-corrected chi connectivity index (χ2v) is 6.46. The van der Waals surface area contributed by atoms with Gasteiger partial charge in [0.1, 0.15) is 0 Å². The highest BCUT2D eigenvalue weighted by molar-refractivity contribution is 7.94. The summed E-state index contributed by atoms with van der Waals surface area (Å²) < 4.78 is 22.8. The van der Waals surface area contributed by atoms with E-state index in [0.29, 0.717) is 10.7 Å². The molecule has 1 amide bonds. The summed E-state index contributed by atoms with van der Waals surface area (Å²) in [6, 6.07) is 6.32. The van der Waals surface area contributed by atoms with Crippen molar-refractivity contribution in [2.75, 3.05) is 10.7 Å².